The Kier molecular flexibility index (Phi) is 7.33. The van der Waals surface area contributed by atoms with Crippen LogP contribution in [0.25, 0.3) is 10.9 Å². The number of para-hydroxylation sites is 1. The van der Waals surface area contributed by atoms with Gasteiger partial charge in [-0.2, -0.15) is 4.98 Å². The van der Waals surface area contributed by atoms with Gasteiger partial charge in [0.05, 0.1) is 10.9 Å². The normalized spacial score (nSPS) is 21.3. The lowest BCUT2D eigenvalue weighted by Crippen LogP contribution is -2.45. The van der Waals surface area contributed by atoms with E-state index in [-0.39, 0.29) is 5.91 Å². The van der Waals surface area contributed by atoms with Crippen molar-refractivity contribution >= 4 is 40.2 Å². The Balaban J connectivity index is 1.17. The number of halogens is 1. The second kappa shape index (κ2) is 10.6. The first-order valence-corrected chi connectivity index (χ1v) is 13.6. The van der Waals surface area contributed by atoms with Gasteiger partial charge < -0.3 is 15.5 Å². The van der Waals surface area contributed by atoms with Crippen LogP contribution in [-0.2, 0) is 10.2 Å². The first-order chi connectivity index (χ1) is 17.4. The van der Waals surface area contributed by atoms with Gasteiger partial charge >= 0.3 is 0 Å². The molecule has 2 aromatic carbocycles. The number of aromatic nitrogens is 2. The molecule has 0 atom stereocenters. The third-order valence-electron chi connectivity index (χ3n) is 8.03. The number of fused-ring (bicyclic) bond motifs is 1. The average molecular weight is 506 g/mol. The number of anilines is 2. The molecule has 2 fully saturated rings. The molecule has 1 amide bonds. The molecular formula is C29H36ClN5O. The van der Waals surface area contributed by atoms with Crippen LogP contribution >= 0.6 is 11.6 Å². The molecule has 0 unspecified atom stereocenters. The van der Waals surface area contributed by atoms with Gasteiger partial charge in [0.15, 0.2) is 0 Å². The highest BCUT2D eigenvalue weighted by molar-refractivity contribution is 6.30. The zero-order valence-corrected chi connectivity index (χ0v) is 22.0. The van der Waals surface area contributed by atoms with Crippen LogP contribution in [0.3, 0.4) is 0 Å². The van der Waals surface area contributed by atoms with Crippen molar-refractivity contribution in [1.82, 2.24) is 15.3 Å². The number of hydrogen-bond acceptors (Lipinski definition) is 5. The van der Waals surface area contributed by atoms with Gasteiger partial charge in [0.25, 0.3) is 0 Å². The zero-order chi connectivity index (χ0) is 25.1. The van der Waals surface area contributed by atoms with E-state index < -0.39 is 5.41 Å². The molecule has 2 aliphatic rings. The monoisotopic (exact) mass is 505 g/mol. The number of amides is 1. The molecule has 1 heterocycles. The van der Waals surface area contributed by atoms with Gasteiger partial charge in [-0.3, -0.25) is 4.79 Å². The quantitative estimate of drug-likeness (QED) is 0.415. The van der Waals surface area contributed by atoms with Crippen LogP contribution < -0.4 is 15.5 Å². The van der Waals surface area contributed by atoms with Crippen LogP contribution in [0.1, 0.15) is 56.9 Å². The number of nitrogens with zero attached hydrogens (tertiary/aromatic N) is 3. The molecule has 36 heavy (non-hydrogen) atoms. The Morgan fingerprint density at radius 3 is 2.39 bits per heavy atom. The Morgan fingerprint density at radius 1 is 1.00 bits per heavy atom. The highest BCUT2D eigenvalue weighted by Crippen LogP contribution is 2.42. The molecule has 5 rings (SSSR count). The van der Waals surface area contributed by atoms with Crippen molar-refractivity contribution in [2.24, 2.45) is 5.92 Å². The molecule has 0 saturated heterocycles. The molecule has 2 saturated carbocycles. The van der Waals surface area contributed by atoms with E-state index in [1.54, 1.807) is 0 Å². The summed E-state index contributed by atoms with van der Waals surface area (Å²) in [5.41, 5.74) is 1.65. The minimum atomic E-state index is -0.402. The largest absolute Gasteiger partial charge is 0.362 e. The van der Waals surface area contributed by atoms with Crippen LogP contribution in [0.4, 0.5) is 11.8 Å². The van der Waals surface area contributed by atoms with Gasteiger partial charge in [0.1, 0.15) is 5.82 Å². The minimum absolute atomic E-state index is 0.184. The van der Waals surface area contributed by atoms with E-state index in [0.717, 1.165) is 80.2 Å². The number of benzene rings is 2. The van der Waals surface area contributed by atoms with Gasteiger partial charge in [0.2, 0.25) is 11.9 Å². The maximum Gasteiger partial charge on any atom is 0.230 e. The van der Waals surface area contributed by atoms with Crippen molar-refractivity contribution in [3.63, 3.8) is 0 Å². The van der Waals surface area contributed by atoms with Crippen LogP contribution in [0.5, 0.6) is 0 Å². The third-order valence-corrected chi connectivity index (χ3v) is 8.28. The summed E-state index contributed by atoms with van der Waals surface area (Å²) in [6, 6.07) is 16.4. The van der Waals surface area contributed by atoms with Gasteiger partial charge in [-0.25, -0.2) is 4.98 Å². The highest BCUT2D eigenvalue weighted by Gasteiger charge is 2.42. The first-order valence-electron chi connectivity index (χ1n) is 13.2. The van der Waals surface area contributed by atoms with Gasteiger partial charge in [-0.1, -0.05) is 48.7 Å². The Bertz CT molecular complexity index is 1200. The number of carbonyl (C=O) groups is 1. The summed E-state index contributed by atoms with van der Waals surface area (Å²) in [6.07, 6.45) is 8.29. The smallest absolute Gasteiger partial charge is 0.230 e. The minimum Gasteiger partial charge on any atom is -0.362 e. The summed E-state index contributed by atoms with van der Waals surface area (Å²) in [5, 5.41) is 8.69. The lowest BCUT2D eigenvalue weighted by molar-refractivity contribution is -0.126. The van der Waals surface area contributed by atoms with E-state index in [1.807, 2.05) is 61.5 Å². The standard InChI is InChI=1S/C29H36ClN5O/c1-35(2)26-24-7-3-4-8-25(24)33-28(34-26)32-23-15-9-20(10-16-23)19-31-27(36)29(17-5-6-18-29)21-11-13-22(30)14-12-21/h3-4,7-8,11-14,20,23H,5-6,9-10,15-19H2,1-2H3,(H,31,36)(H,32,33,34)/t20-,23+. The second-order valence-electron chi connectivity index (χ2n) is 10.7. The number of carbonyl (C=O) groups excluding carboxylic acids is 1. The summed E-state index contributed by atoms with van der Waals surface area (Å²) in [7, 11) is 4.03. The van der Waals surface area contributed by atoms with E-state index >= 15 is 0 Å². The molecular weight excluding hydrogens is 470 g/mol. The molecule has 1 aromatic heterocycles. The van der Waals surface area contributed by atoms with Crippen LogP contribution in [0.2, 0.25) is 5.02 Å². The summed E-state index contributed by atoms with van der Waals surface area (Å²) in [6.45, 7) is 0.748. The first kappa shape index (κ1) is 24.8. The average Bonchev–Trinajstić information content (AvgIpc) is 3.39. The summed E-state index contributed by atoms with van der Waals surface area (Å²) >= 11 is 6.10. The molecule has 3 aromatic rings. The lowest BCUT2D eigenvalue weighted by Gasteiger charge is -2.32. The molecule has 6 nitrogen and oxygen atoms in total. The van der Waals surface area contributed by atoms with Crippen LogP contribution in [0, 0.1) is 5.92 Å². The second-order valence-corrected chi connectivity index (χ2v) is 11.1. The lowest BCUT2D eigenvalue weighted by atomic mass is 9.77. The van der Waals surface area contributed by atoms with Crippen molar-refractivity contribution in [3.05, 3.63) is 59.1 Å². The summed E-state index contributed by atoms with van der Waals surface area (Å²) < 4.78 is 0. The molecule has 0 radical (unpaired) electrons. The molecule has 0 aliphatic heterocycles. The van der Waals surface area contributed by atoms with E-state index in [9.17, 15) is 4.79 Å². The van der Waals surface area contributed by atoms with Crippen LogP contribution in [-0.4, -0.2) is 42.6 Å². The van der Waals surface area contributed by atoms with Crippen LogP contribution in [0.15, 0.2) is 48.5 Å². The number of rotatable bonds is 7. The molecule has 7 heteroatoms. The Hall–Kier alpha value is -2.86. The predicted molar refractivity (Wildman–Crippen MR) is 148 cm³/mol. The third kappa shape index (κ3) is 5.15. The maximum absolute atomic E-state index is 13.4. The van der Waals surface area contributed by atoms with E-state index in [4.69, 9.17) is 21.6 Å². The van der Waals surface area contributed by atoms with Gasteiger partial charge in [-0.15, -0.1) is 0 Å². The predicted octanol–water partition coefficient (Wildman–Crippen LogP) is 5.95. The fourth-order valence-electron chi connectivity index (χ4n) is 5.96. The number of hydrogen-bond donors (Lipinski definition) is 2. The van der Waals surface area contributed by atoms with Crippen molar-refractivity contribution < 1.29 is 4.79 Å². The van der Waals surface area contributed by atoms with E-state index in [1.165, 1.54) is 0 Å². The van der Waals surface area contributed by atoms with Gasteiger partial charge in [0, 0.05) is 37.1 Å². The fourth-order valence-corrected chi connectivity index (χ4v) is 6.09. The molecule has 0 spiro atoms. The van der Waals surface area contributed by atoms with E-state index in [2.05, 4.69) is 16.7 Å². The van der Waals surface area contributed by atoms with Gasteiger partial charge in [-0.05, 0) is 74.3 Å². The SMILES string of the molecule is CN(C)c1nc(N[C@H]2CC[C@@H](CNC(=O)C3(c4ccc(Cl)cc4)CCCC3)CC2)nc2ccccc12. The molecule has 2 N–H and O–H groups in total. The highest BCUT2D eigenvalue weighted by atomic mass is 35.5. The van der Waals surface area contributed by atoms with Crippen molar-refractivity contribution in [3.8, 4) is 0 Å². The van der Waals surface area contributed by atoms with Crippen molar-refractivity contribution in [1.29, 1.82) is 0 Å². The molecule has 2 aliphatic carbocycles. The van der Waals surface area contributed by atoms with Crippen molar-refractivity contribution in [2.75, 3.05) is 30.9 Å². The zero-order valence-electron chi connectivity index (χ0n) is 21.3. The summed E-state index contributed by atoms with van der Waals surface area (Å²) in [5.74, 6) is 2.31. The topological polar surface area (TPSA) is 70.2 Å². The van der Waals surface area contributed by atoms with E-state index in [0.29, 0.717) is 22.9 Å². The maximum atomic E-state index is 13.4. The fraction of sp³-hybridized carbons (Fsp3) is 0.483. The molecule has 190 valence electrons. The number of nitrogens with one attached hydrogen (secondary N) is 2. The Labute approximate surface area is 218 Å². The Morgan fingerprint density at radius 2 is 1.69 bits per heavy atom. The van der Waals surface area contributed by atoms with Crippen molar-refractivity contribution in [2.45, 2.75) is 62.8 Å². The summed E-state index contributed by atoms with van der Waals surface area (Å²) in [4.78, 5) is 25.0. The molecule has 0 bridgehead atoms.